The lowest BCUT2D eigenvalue weighted by atomic mass is 10.2. The van der Waals surface area contributed by atoms with Gasteiger partial charge in [-0.05, 0) is 17.7 Å². The molecule has 0 bridgehead atoms. The first kappa shape index (κ1) is 13.7. The average Bonchev–Trinajstić information content (AvgIpc) is 2.96. The van der Waals surface area contributed by atoms with Gasteiger partial charge in [-0.3, -0.25) is 0 Å². The zero-order chi connectivity index (χ0) is 14.2. The van der Waals surface area contributed by atoms with E-state index in [1.54, 1.807) is 6.26 Å². The normalized spacial score (nSPS) is 11.1. The van der Waals surface area contributed by atoms with Gasteiger partial charge in [0.15, 0.2) is 5.96 Å². The van der Waals surface area contributed by atoms with E-state index in [1.807, 2.05) is 42.5 Å². The van der Waals surface area contributed by atoms with Crippen molar-refractivity contribution in [3.8, 4) is 0 Å². The van der Waals surface area contributed by atoms with Gasteiger partial charge in [0, 0.05) is 0 Å². The summed E-state index contributed by atoms with van der Waals surface area (Å²) in [5, 5.41) is 3.03. The van der Waals surface area contributed by atoms with Gasteiger partial charge in [-0.25, -0.2) is 4.99 Å². The monoisotopic (exact) mass is 271 g/mol. The average molecular weight is 271 g/mol. The number of nitrogens with one attached hydrogen (secondary N) is 1. The standard InChI is InChI=1S/C14H17N5O/c15-13(16)19-14(18-10-12-7-4-8-20-12)17-9-11-5-2-1-3-6-11/h1-8H,9-10H2,(H5,15,16,17,18,19). The summed E-state index contributed by atoms with van der Waals surface area (Å²) in [7, 11) is 0. The molecule has 0 aliphatic carbocycles. The predicted octanol–water partition coefficient (Wildman–Crippen LogP) is 1.20. The summed E-state index contributed by atoms with van der Waals surface area (Å²) in [5.74, 6) is 1.12. The van der Waals surface area contributed by atoms with Crippen LogP contribution in [0.25, 0.3) is 0 Å². The molecule has 6 heteroatoms. The van der Waals surface area contributed by atoms with Crippen molar-refractivity contribution in [1.82, 2.24) is 5.32 Å². The molecule has 1 aromatic carbocycles. The molecule has 1 aromatic heterocycles. The minimum Gasteiger partial charge on any atom is -0.467 e. The number of furan rings is 1. The fourth-order valence-corrected chi connectivity index (χ4v) is 1.58. The molecular formula is C14H17N5O. The Labute approximate surface area is 117 Å². The Morgan fingerprint density at radius 1 is 1.10 bits per heavy atom. The topological polar surface area (TPSA) is 102 Å². The smallest absolute Gasteiger partial charge is 0.221 e. The quantitative estimate of drug-likeness (QED) is 0.574. The lowest BCUT2D eigenvalue weighted by molar-refractivity contribution is 0.502. The molecule has 20 heavy (non-hydrogen) atoms. The van der Waals surface area contributed by atoms with Crippen LogP contribution in [0.4, 0.5) is 0 Å². The van der Waals surface area contributed by atoms with Crippen LogP contribution in [0, 0.1) is 0 Å². The molecule has 6 nitrogen and oxygen atoms in total. The van der Waals surface area contributed by atoms with Crippen LogP contribution in [0.1, 0.15) is 11.3 Å². The molecule has 0 saturated carbocycles. The number of hydrogen-bond donors (Lipinski definition) is 3. The van der Waals surface area contributed by atoms with E-state index < -0.39 is 0 Å². The van der Waals surface area contributed by atoms with Crippen LogP contribution in [0.5, 0.6) is 0 Å². The fraction of sp³-hybridized carbons (Fsp3) is 0.143. The molecule has 0 amide bonds. The molecular weight excluding hydrogens is 254 g/mol. The van der Waals surface area contributed by atoms with E-state index in [1.165, 1.54) is 0 Å². The van der Waals surface area contributed by atoms with Crippen molar-refractivity contribution in [1.29, 1.82) is 0 Å². The number of nitrogens with zero attached hydrogens (tertiary/aromatic N) is 2. The van der Waals surface area contributed by atoms with E-state index in [-0.39, 0.29) is 5.96 Å². The minimum atomic E-state index is -0.0382. The van der Waals surface area contributed by atoms with Crippen molar-refractivity contribution in [3.63, 3.8) is 0 Å². The Bertz CT molecular complexity index is 571. The highest BCUT2D eigenvalue weighted by Crippen LogP contribution is 2.02. The molecule has 104 valence electrons. The molecule has 0 saturated heterocycles. The SMILES string of the molecule is NC(N)=NC(=NCc1ccccc1)NCc1ccco1. The molecule has 0 fully saturated rings. The molecule has 0 spiro atoms. The Kier molecular flexibility index (Phi) is 4.77. The van der Waals surface area contributed by atoms with Crippen LogP contribution in [-0.4, -0.2) is 11.9 Å². The number of nitrogens with two attached hydrogens (primary N) is 2. The summed E-state index contributed by atoms with van der Waals surface area (Å²) in [4.78, 5) is 8.31. The van der Waals surface area contributed by atoms with Crippen molar-refractivity contribution in [2.24, 2.45) is 21.5 Å². The molecule has 5 N–H and O–H groups in total. The van der Waals surface area contributed by atoms with Crippen LogP contribution in [0.3, 0.4) is 0 Å². The molecule has 0 aliphatic rings. The summed E-state index contributed by atoms with van der Waals surface area (Å²) in [6, 6.07) is 13.5. The van der Waals surface area contributed by atoms with Gasteiger partial charge in [-0.15, -0.1) is 0 Å². The van der Waals surface area contributed by atoms with E-state index in [2.05, 4.69) is 15.3 Å². The predicted molar refractivity (Wildman–Crippen MR) is 78.9 cm³/mol. The lowest BCUT2D eigenvalue weighted by Gasteiger charge is -2.05. The van der Waals surface area contributed by atoms with Crippen LogP contribution in [0.2, 0.25) is 0 Å². The van der Waals surface area contributed by atoms with E-state index in [0.29, 0.717) is 19.0 Å². The van der Waals surface area contributed by atoms with Crippen LogP contribution >= 0.6 is 0 Å². The lowest BCUT2D eigenvalue weighted by Crippen LogP contribution is -2.29. The van der Waals surface area contributed by atoms with Gasteiger partial charge >= 0.3 is 0 Å². The maximum absolute atomic E-state index is 5.39. The van der Waals surface area contributed by atoms with Gasteiger partial charge in [0.25, 0.3) is 0 Å². The summed E-state index contributed by atoms with van der Waals surface area (Å²) in [6.45, 7) is 0.968. The second-order valence-corrected chi connectivity index (χ2v) is 4.10. The highest BCUT2D eigenvalue weighted by molar-refractivity contribution is 5.93. The van der Waals surface area contributed by atoms with Crippen molar-refractivity contribution >= 4 is 11.9 Å². The Balaban J connectivity index is 2.01. The van der Waals surface area contributed by atoms with Crippen LogP contribution < -0.4 is 16.8 Å². The molecule has 0 radical (unpaired) electrons. The minimum absolute atomic E-state index is 0.0382. The summed E-state index contributed by atoms with van der Waals surface area (Å²) in [6.07, 6.45) is 1.61. The first-order valence-corrected chi connectivity index (χ1v) is 6.18. The second kappa shape index (κ2) is 6.98. The van der Waals surface area contributed by atoms with E-state index in [4.69, 9.17) is 15.9 Å². The molecule has 2 rings (SSSR count). The molecule has 0 unspecified atom stereocenters. The number of aliphatic imine (C=N–C) groups is 2. The third kappa shape index (κ3) is 4.49. The van der Waals surface area contributed by atoms with Gasteiger partial charge in [0.2, 0.25) is 5.96 Å². The fourth-order valence-electron chi connectivity index (χ4n) is 1.58. The molecule has 2 aromatic rings. The van der Waals surface area contributed by atoms with Crippen molar-refractivity contribution in [2.75, 3.05) is 0 Å². The van der Waals surface area contributed by atoms with E-state index in [9.17, 15) is 0 Å². The largest absolute Gasteiger partial charge is 0.467 e. The molecule has 1 heterocycles. The van der Waals surface area contributed by atoms with Crippen LogP contribution in [0.15, 0.2) is 63.1 Å². The summed E-state index contributed by atoms with van der Waals surface area (Å²) >= 11 is 0. The first-order chi connectivity index (χ1) is 9.74. The molecule has 0 aliphatic heterocycles. The number of rotatable bonds is 4. The zero-order valence-corrected chi connectivity index (χ0v) is 11.0. The van der Waals surface area contributed by atoms with Gasteiger partial charge < -0.3 is 21.2 Å². The maximum Gasteiger partial charge on any atom is 0.221 e. The van der Waals surface area contributed by atoms with Gasteiger partial charge in [0.1, 0.15) is 5.76 Å². The van der Waals surface area contributed by atoms with E-state index >= 15 is 0 Å². The highest BCUT2D eigenvalue weighted by atomic mass is 16.3. The number of hydrogen-bond acceptors (Lipinski definition) is 2. The first-order valence-electron chi connectivity index (χ1n) is 6.18. The van der Waals surface area contributed by atoms with Gasteiger partial charge in [-0.2, -0.15) is 4.99 Å². The van der Waals surface area contributed by atoms with E-state index in [0.717, 1.165) is 11.3 Å². The van der Waals surface area contributed by atoms with Crippen molar-refractivity contribution in [3.05, 3.63) is 60.1 Å². The highest BCUT2D eigenvalue weighted by Gasteiger charge is 2.00. The Morgan fingerprint density at radius 2 is 1.90 bits per heavy atom. The maximum atomic E-state index is 5.39. The van der Waals surface area contributed by atoms with Crippen molar-refractivity contribution < 1.29 is 4.42 Å². The number of guanidine groups is 2. The van der Waals surface area contributed by atoms with Gasteiger partial charge in [0.05, 0.1) is 19.4 Å². The summed E-state index contributed by atoms with van der Waals surface area (Å²) < 4.78 is 5.22. The van der Waals surface area contributed by atoms with Crippen LogP contribution in [-0.2, 0) is 13.1 Å². The third-order valence-electron chi connectivity index (χ3n) is 2.49. The molecule has 0 atom stereocenters. The van der Waals surface area contributed by atoms with Gasteiger partial charge in [-0.1, -0.05) is 30.3 Å². The Morgan fingerprint density at radius 3 is 2.55 bits per heavy atom. The third-order valence-corrected chi connectivity index (χ3v) is 2.49. The summed E-state index contributed by atoms with van der Waals surface area (Å²) in [5.41, 5.74) is 11.9. The van der Waals surface area contributed by atoms with Crippen molar-refractivity contribution in [2.45, 2.75) is 13.1 Å². The zero-order valence-electron chi connectivity index (χ0n) is 11.0. The second-order valence-electron chi connectivity index (χ2n) is 4.10. The Hall–Kier alpha value is -2.76. The number of benzene rings is 1.